The summed E-state index contributed by atoms with van der Waals surface area (Å²) in [6.45, 7) is 3.04. The van der Waals surface area contributed by atoms with Crippen molar-refractivity contribution in [1.82, 2.24) is 15.1 Å². The molecule has 0 saturated carbocycles. The molecule has 0 saturated heterocycles. The van der Waals surface area contributed by atoms with Crippen LogP contribution >= 0.6 is 27.5 Å². The van der Waals surface area contributed by atoms with E-state index in [-0.39, 0.29) is 5.91 Å². The van der Waals surface area contributed by atoms with Gasteiger partial charge >= 0.3 is 0 Å². The maximum atomic E-state index is 12.1. The van der Waals surface area contributed by atoms with E-state index in [1.54, 1.807) is 16.9 Å². The number of halogens is 2. The quantitative estimate of drug-likeness (QED) is 0.927. The largest absolute Gasteiger partial charge is 0.346 e. The first-order valence-corrected chi connectivity index (χ1v) is 7.03. The third-order valence-electron chi connectivity index (χ3n) is 2.73. The molecule has 19 heavy (non-hydrogen) atoms. The number of carbonyl (C=O) groups is 1. The lowest BCUT2D eigenvalue weighted by Gasteiger charge is -2.08. The molecule has 1 heterocycles. The number of carbonyl (C=O) groups excluding carboxylic acids is 1. The van der Waals surface area contributed by atoms with Crippen LogP contribution in [0, 0.1) is 0 Å². The highest BCUT2D eigenvalue weighted by Crippen LogP contribution is 2.17. The zero-order valence-electron chi connectivity index (χ0n) is 10.4. The normalized spacial score (nSPS) is 10.5. The Bertz CT molecular complexity index is 597. The minimum atomic E-state index is -0.146. The topological polar surface area (TPSA) is 46.9 Å². The van der Waals surface area contributed by atoms with Crippen LogP contribution in [-0.4, -0.2) is 15.7 Å². The van der Waals surface area contributed by atoms with Crippen LogP contribution in [0.2, 0.25) is 5.02 Å². The van der Waals surface area contributed by atoms with Crippen molar-refractivity contribution in [3.05, 3.63) is 51.2 Å². The number of benzene rings is 1. The van der Waals surface area contributed by atoms with Crippen molar-refractivity contribution in [3.8, 4) is 0 Å². The van der Waals surface area contributed by atoms with Gasteiger partial charge in [-0.15, -0.1) is 0 Å². The molecular weight excluding hydrogens is 330 g/mol. The summed E-state index contributed by atoms with van der Waals surface area (Å²) in [6.07, 6.45) is 1.59. The zero-order valence-corrected chi connectivity index (χ0v) is 12.7. The molecule has 1 aromatic carbocycles. The molecule has 2 rings (SSSR count). The van der Waals surface area contributed by atoms with Gasteiger partial charge in [0.1, 0.15) is 0 Å². The molecule has 1 amide bonds. The van der Waals surface area contributed by atoms with E-state index in [2.05, 4.69) is 26.3 Å². The number of aryl methyl sites for hydroxylation is 1. The average Bonchev–Trinajstić information content (AvgIpc) is 2.77. The minimum absolute atomic E-state index is 0.146. The molecule has 1 aromatic heterocycles. The van der Waals surface area contributed by atoms with E-state index >= 15 is 0 Å². The molecular formula is C13H13BrClN3O. The monoisotopic (exact) mass is 341 g/mol. The molecule has 0 aliphatic rings. The molecule has 0 atom stereocenters. The van der Waals surface area contributed by atoms with Crippen molar-refractivity contribution in [1.29, 1.82) is 0 Å². The van der Waals surface area contributed by atoms with Crippen molar-refractivity contribution in [2.75, 3.05) is 0 Å². The fourth-order valence-corrected chi connectivity index (χ4v) is 2.41. The molecule has 0 bridgehead atoms. The van der Waals surface area contributed by atoms with E-state index in [4.69, 9.17) is 11.6 Å². The highest BCUT2D eigenvalue weighted by Gasteiger charge is 2.12. The molecule has 0 unspecified atom stereocenters. The van der Waals surface area contributed by atoms with E-state index in [1.807, 2.05) is 25.1 Å². The van der Waals surface area contributed by atoms with Crippen LogP contribution in [0.1, 0.15) is 23.0 Å². The van der Waals surface area contributed by atoms with Gasteiger partial charge < -0.3 is 5.32 Å². The first-order valence-electron chi connectivity index (χ1n) is 5.86. The van der Waals surface area contributed by atoms with Gasteiger partial charge in [-0.2, -0.15) is 5.10 Å². The lowest BCUT2D eigenvalue weighted by atomic mass is 10.2. The predicted octanol–water partition coefficient (Wildman–Crippen LogP) is 3.25. The Hall–Kier alpha value is -1.33. The first kappa shape index (κ1) is 14.1. The van der Waals surface area contributed by atoms with Crippen molar-refractivity contribution in [2.45, 2.75) is 20.0 Å². The Kier molecular flexibility index (Phi) is 4.61. The first-order chi connectivity index (χ1) is 9.13. The summed E-state index contributed by atoms with van der Waals surface area (Å²) in [6, 6.07) is 7.28. The predicted molar refractivity (Wildman–Crippen MR) is 78.2 cm³/mol. The van der Waals surface area contributed by atoms with Crippen molar-refractivity contribution < 1.29 is 4.79 Å². The lowest BCUT2D eigenvalue weighted by molar-refractivity contribution is 0.0949. The van der Waals surface area contributed by atoms with Gasteiger partial charge in [0.25, 0.3) is 5.91 Å². The summed E-state index contributed by atoms with van der Waals surface area (Å²) in [5, 5.41) is 7.53. The molecule has 0 aliphatic heterocycles. The van der Waals surface area contributed by atoms with Gasteiger partial charge in [-0.1, -0.05) is 23.7 Å². The van der Waals surface area contributed by atoms with Crippen LogP contribution in [0.4, 0.5) is 0 Å². The summed E-state index contributed by atoms with van der Waals surface area (Å²) in [5.74, 6) is -0.146. The summed E-state index contributed by atoms with van der Waals surface area (Å²) in [4.78, 5) is 12.1. The van der Waals surface area contributed by atoms with Crippen LogP contribution in [0.25, 0.3) is 0 Å². The molecule has 1 N–H and O–H groups in total. The number of hydrogen-bond donors (Lipinski definition) is 1. The Morgan fingerprint density at radius 1 is 1.47 bits per heavy atom. The molecule has 2 aromatic rings. The Balaban J connectivity index is 2.09. The number of nitrogens with zero attached hydrogens (tertiary/aromatic N) is 2. The highest BCUT2D eigenvalue weighted by molar-refractivity contribution is 9.10. The van der Waals surface area contributed by atoms with Gasteiger partial charge in [0.15, 0.2) is 0 Å². The second kappa shape index (κ2) is 6.21. The zero-order chi connectivity index (χ0) is 13.8. The van der Waals surface area contributed by atoms with E-state index in [0.717, 1.165) is 10.2 Å². The molecule has 4 nitrogen and oxygen atoms in total. The molecule has 0 aliphatic carbocycles. The van der Waals surface area contributed by atoms with E-state index < -0.39 is 0 Å². The number of nitrogens with one attached hydrogen (secondary N) is 1. The van der Waals surface area contributed by atoms with Crippen LogP contribution in [0.5, 0.6) is 0 Å². The number of amides is 1. The number of rotatable bonds is 4. The van der Waals surface area contributed by atoms with Crippen molar-refractivity contribution >= 4 is 33.4 Å². The third kappa shape index (κ3) is 3.16. The summed E-state index contributed by atoms with van der Waals surface area (Å²) in [5.41, 5.74) is 1.41. The van der Waals surface area contributed by atoms with Gasteiger partial charge in [0, 0.05) is 11.0 Å². The number of hydrogen-bond acceptors (Lipinski definition) is 2. The summed E-state index contributed by atoms with van der Waals surface area (Å²) >= 11 is 9.39. The molecule has 6 heteroatoms. The fraction of sp³-hybridized carbons (Fsp3) is 0.231. The Morgan fingerprint density at radius 2 is 2.21 bits per heavy atom. The average molecular weight is 343 g/mol. The summed E-state index contributed by atoms with van der Waals surface area (Å²) in [7, 11) is 0. The highest BCUT2D eigenvalue weighted by atomic mass is 79.9. The van der Waals surface area contributed by atoms with E-state index in [1.165, 1.54) is 0 Å². The van der Waals surface area contributed by atoms with E-state index in [0.29, 0.717) is 23.7 Å². The van der Waals surface area contributed by atoms with Crippen LogP contribution < -0.4 is 5.32 Å². The van der Waals surface area contributed by atoms with E-state index in [9.17, 15) is 4.79 Å². The van der Waals surface area contributed by atoms with Crippen LogP contribution in [0.3, 0.4) is 0 Å². The van der Waals surface area contributed by atoms with Gasteiger partial charge in [-0.3, -0.25) is 9.48 Å². The van der Waals surface area contributed by atoms with Gasteiger partial charge in [0.05, 0.1) is 29.0 Å². The third-order valence-corrected chi connectivity index (χ3v) is 3.74. The standard InChI is InChI=1S/C13H13BrClN3O/c1-2-18-12(11(15)7-17-18)8-16-13(19)9-5-3-4-6-10(9)14/h3-7H,2,8H2,1H3,(H,16,19). The van der Waals surface area contributed by atoms with Crippen LogP contribution in [-0.2, 0) is 13.1 Å². The van der Waals surface area contributed by atoms with Gasteiger partial charge in [-0.05, 0) is 35.0 Å². The van der Waals surface area contributed by atoms with Crippen molar-refractivity contribution in [2.24, 2.45) is 0 Å². The Labute approximate surface area is 124 Å². The second-order valence-corrected chi connectivity index (χ2v) is 5.18. The maximum Gasteiger partial charge on any atom is 0.252 e. The SMILES string of the molecule is CCn1ncc(Cl)c1CNC(=O)c1ccccc1Br. The smallest absolute Gasteiger partial charge is 0.252 e. The second-order valence-electron chi connectivity index (χ2n) is 3.92. The lowest BCUT2D eigenvalue weighted by Crippen LogP contribution is -2.24. The van der Waals surface area contributed by atoms with Gasteiger partial charge in [-0.25, -0.2) is 0 Å². The maximum absolute atomic E-state index is 12.1. The fourth-order valence-electron chi connectivity index (χ4n) is 1.74. The number of aromatic nitrogens is 2. The Morgan fingerprint density at radius 3 is 2.89 bits per heavy atom. The minimum Gasteiger partial charge on any atom is -0.346 e. The molecule has 0 spiro atoms. The molecule has 0 radical (unpaired) electrons. The summed E-state index contributed by atoms with van der Waals surface area (Å²) < 4.78 is 2.53. The van der Waals surface area contributed by atoms with Crippen LogP contribution in [0.15, 0.2) is 34.9 Å². The molecule has 0 fully saturated rings. The van der Waals surface area contributed by atoms with Gasteiger partial charge in [0.2, 0.25) is 0 Å². The van der Waals surface area contributed by atoms with Crippen molar-refractivity contribution in [3.63, 3.8) is 0 Å². The molecule has 100 valence electrons.